The summed E-state index contributed by atoms with van der Waals surface area (Å²) in [5.41, 5.74) is 0.0649. The van der Waals surface area contributed by atoms with Gasteiger partial charge in [-0.2, -0.15) is 13.2 Å². The molecule has 2 aliphatic rings. The molecule has 1 saturated heterocycles. The number of halogens is 4. The van der Waals surface area contributed by atoms with Gasteiger partial charge in [0, 0.05) is 42.8 Å². The molecule has 132 valence electrons. The van der Waals surface area contributed by atoms with Crippen molar-refractivity contribution < 1.29 is 27.4 Å². The Morgan fingerprint density at radius 2 is 1.88 bits per heavy atom. The summed E-state index contributed by atoms with van der Waals surface area (Å²) in [5, 5.41) is 9.71. The van der Waals surface area contributed by atoms with Crippen LogP contribution in [-0.2, 0) is 6.18 Å². The van der Waals surface area contributed by atoms with Crippen LogP contribution in [-0.4, -0.2) is 35.1 Å². The minimum absolute atomic E-state index is 0.0241. The molecule has 1 N–H and O–H groups in total. The van der Waals surface area contributed by atoms with Crippen LogP contribution in [0.3, 0.4) is 0 Å². The molecule has 1 fully saturated rings. The molecule has 0 saturated carbocycles. The zero-order valence-electron chi connectivity index (χ0n) is 13.1. The second-order valence-corrected chi connectivity index (χ2v) is 6.48. The van der Waals surface area contributed by atoms with Crippen LogP contribution in [0, 0.1) is 5.82 Å². The van der Waals surface area contributed by atoms with Crippen LogP contribution >= 0.6 is 0 Å². The standard InChI is InChI=1S/C17H14F4N2O2/c1-23-6-10-9-3-13(24)12(18)4-14(9)25-15-2-8(17(19,20)21)5-22-16(15)11(10)7-23/h2-5,10-11,24H,6-7H2,1H3/t10-,11-/m0/s1. The molecule has 2 aliphatic heterocycles. The second kappa shape index (κ2) is 5.32. The smallest absolute Gasteiger partial charge is 0.418 e. The number of phenols is 1. The van der Waals surface area contributed by atoms with Crippen molar-refractivity contribution in [3.05, 3.63) is 47.0 Å². The maximum absolute atomic E-state index is 13.8. The number of aromatic hydroxyl groups is 1. The first-order valence-electron chi connectivity index (χ1n) is 7.70. The summed E-state index contributed by atoms with van der Waals surface area (Å²) >= 11 is 0. The lowest BCUT2D eigenvalue weighted by Gasteiger charge is -2.17. The molecule has 0 bridgehead atoms. The lowest BCUT2D eigenvalue weighted by molar-refractivity contribution is -0.137. The van der Waals surface area contributed by atoms with Crippen LogP contribution < -0.4 is 4.74 Å². The maximum atomic E-state index is 13.8. The van der Waals surface area contributed by atoms with Gasteiger partial charge in [0.2, 0.25) is 0 Å². The van der Waals surface area contributed by atoms with E-state index in [1.165, 1.54) is 6.07 Å². The molecule has 8 heteroatoms. The second-order valence-electron chi connectivity index (χ2n) is 6.48. The molecule has 0 amide bonds. The van der Waals surface area contributed by atoms with Gasteiger partial charge >= 0.3 is 6.18 Å². The van der Waals surface area contributed by atoms with Gasteiger partial charge < -0.3 is 14.7 Å². The molecule has 2 aromatic rings. The number of hydrogen-bond donors (Lipinski definition) is 1. The van der Waals surface area contributed by atoms with Crippen molar-refractivity contribution in [2.24, 2.45) is 0 Å². The maximum Gasteiger partial charge on any atom is 0.418 e. The Hall–Kier alpha value is -2.35. The van der Waals surface area contributed by atoms with Gasteiger partial charge in [-0.3, -0.25) is 4.98 Å². The summed E-state index contributed by atoms with van der Waals surface area (Å²) in [6.07, 6.45) is -3.75. The molecule has 0 aliphatic carbocycles. The third-order valence-corrected chi connectivity index (χ3v) is 4.76. The van der Waals surface area contributed by atoms with Crippen LogP contribution in [0.2, 0.25) is 0 Å². The third kappa shape index (κ3) is 2.60. The predicted molar refractivity (Wildman–Crippen MR) is 80.4 cm³/mol. The first kappa shape index (κ1) is 16.1. The zero-order chi connectivity index (χ0) is 17.9. The lowest BCUT2D eigenvalue weighted by atomic mass is 9.86. The van der Waals surface area contributed by atoms with Crippen LogP contribution in [0.25, 0.3) is 0 Å². The minimum Gasteiger partial charge on any atom is -0.505 e. The fourth-order valence-corrected chi connectivity index (χ4v) is 3.62. The molecule has 3 heterocycles. The zero-order valence-corrected chi connectivity index (χ0v) is 13.1. The highest BCUT2D eigenvalue weighted by Crippen LogP contribution is 2.50. The SMILES string of the molecule is CN1C[C@@H]2c3ncc(C(F)(F)F)cc3Oc3cc(F)c(O)cc3[C@@H]2C1. The van der Waals surface area contributed by atoms with E-state index in [4.69, 9.17) is 4.74 Å². The largest absolute Gasteiger partial charge is 0.505 e. The van der Waals surface area contributed by atoms with Gasteiger partial charge in [-0.15, -0.1) is 0 Å². The average molecular weight is 354 g/mol. The van der Waals surface area contributed by atoms with E-state index >= 15 is 0 Å². The first-order valence-corrected chi connectivity index (χ1v) is 7.70. The number of hydrogen-bond acceptors (Lipinski definition) is 4. The highest BCUT2D eigenvalue weighted by molar-refractivity contribution is 5.52. The van der Waals surface area contributed by atoms with Gasteiger partial charge in [-0.05, 0) is 19.2 Å². The van der Waals surface area contributed by atoms with E-state index in [2.05, 4.69) is 4.98 Å². The Morgan fingerprint density at radius 3 is 2.60 bits per heavy atom. The number of alkyl halides is 3. The van der Waals surface area contributed by atoms with Crippen molar-refractivity contribution in [3.63, 3.8) is 0 Å². The van der Waals surface area contributed by atoms with Crippen molar-refractivity contribution in [1.29, 1.82) is 0 Å². The fourth-order valence-electron chi connectivity index (χ4n) is 3.62. The molecule has 4 rings (SSSR count). The lowest BCUT2D eigenvalue weighted by Crippen LogP contribution is -2.15. The summed E-state index contributed by atoms with van der Waals surface area (Å²) in [7, 11) is 1.89. The van der Waals surface area contributed by atoms with Crippen molar-refractivity contribution in [2.75, 3.05) is 20.1 Å². The van der Waals surface area contributed by atoms with E-state index in [0.29, 0.717) is 24.3 Å². The van der Waals surface area contributed by atoms with Gasteiger partial charge in [0.25, 0.3) is 0 Å². The van der Waals surface area contributed by atoms with E-state index in [-0.39, 0.29) is 23.3 Å². The summed E-state index contributed by atoms with van der Waals surface area (Å²) in [6, 6.07) is 3.20. The van der Waals surface area contributed by atoms with Crippen molar-refractivity contribution in [2.45, 2.75) is 18.0 Å². The van der Waals surface area contributed by atoms with E-state index < -0.39 is 23.3 Å². The van der Waals surface area contributed by atoms with Gasteiger partial charge in [-0.25, -0.2) is 4.39 Å². The fraction of sp³-hybridized carbons (Fsp3) is 0.353. The van der Waals surface area contributed by atoms with E-state index in [9.17, 15) is 22.7 Å². The monoisotopic (exact) mass is 354 g/mol. The summed E-state index contributed by atoms with van der Waals surface area (Å²) in [5.74, 6) is -1.66. The van der Waals surface area contributed by atoms with E-state index in [1.807, 2.05) is 11.9 Å². The third-order valence-electron chi connectivity index (χ3n) is 4.76. The van der Waals surface area contributed by atoms with Crippen molar-refractivity contribution in [3.8, 4) is 17.2 Å². The summed E-state index contributed by atoms with van der Waals surface area (Å²) in [6.45, 7) is 1.19. The Kier molecular flexibility index (Phi) is 3.44. The number of pyridine rings is 1. The molecule has 0 unspecified atom stereocenters. The molecule has 25 heavy (non-hydrogen) atoms. The Balaban J connectivity index is 1.91. The number of ether oxygens (including phenoxy) is 1. The number of likely N-dealkylation sites (tertiary alicyclic amines) is 1. The minimum atomic E-state index is -4.55. The molecule has 4 nitrogen and oxygen atoms in total. The van der Waals surface area contributed by atoms with Crippen LogP contribution in [0.1, 0.15) is 28.7 Å². The number of benzene rings is 1. The number of likely N-dealkylation sites (N-methyl/N-ethyl adjacent to an activating group) is 1. The van der Waals surface area contributed by atoms with Crippen LogP contribution in [0.15, 0.2) is 24.4 Å². The molecular weight excluding hydrogens is 340 g/mol. The Bertz CT molecular complexity index is 853. The highest BCUT2D eigenvalue weighted by atomic mass is 19.4. The molecule has 1 aromatic heterocycles. The number of aromatic nitrogens is 1. The predicted octanol–water partition coefficient (Wildman–Crippen LogP) is 3.86. The van der Waals surface area contributed by atoms with Gasteiger partial charge in [-0.1, -0.05) is 0 Å². The number of rotatable bonds is 0. The number of fused-ring (bicyclic) bond motifs is 5. The highest BCUT2D eigenvalue weighted by Gasteiger charge is 2.41. The molecule has 2 atom stereocenters. The quantitative estimate of drug-likeness (QED) is 0.730. The van der Waals surface area contributed by atoms with Crippen LogP contribution in [0.5, 0.6) is 17.2 Å². The van der Waals surface area contributed by atoms with Crippen molar-refractivity contribution in [1.82, 2.24) is 9.88 Å². The summed E-state index contributed by atoms with van der Waals surface area (Å²) < 4.78 is 58.4. The van der Waals surface area contributed by atoms with Gasteiger partial charge in [0.15, 0.2) is 11.6 Å². The van der Waals surface area contributed by atoms with E-state index in [1.54, 1.807) is 0 Å². The van der Waals surface area contributed by atoms with Crippen molar-refractivity contribution >= 4 is 0 Å². The molecule has 0 radical (unpaired) electrons. The van der Waals surface area contributed by atoms with Gasteiger partial charge in [0.1, 0.15) is 11.5 Å². The molecular formula is C17H14F4N2O2. The van der Waals surface area contributed by atoms with Gasteiger partial charge in [0.05, 0.1) is 11.3 Å². The topological polar surface area (TPSA) is 45.6 Å². The number of nitrogens with zero attached hydrogens (tertiary/aromatic N) is 2. The van der Waals surface area contributed by atoms with E-state index in [0.717, 1.165) is 18.3 Å². The average Bonchev–Trinajstić information content (AvgIpc) is 2.86. The first-order chi connectivity index (χ1) is 11.7. The molecule has 0 spiro atoms. The Morgan fingerprint density at radius 1 is 1.16 bits per heavy atom. The Labute approximate surface area is 140 Å². The summed E-state index contributed by atoms with van der Waals surface area (Å²) in [4.78, 5) is 6.04. The molecule has 1 aromatic carbocycles. The normalized spacial score (nSPS) is 22.6. The van der Waals surface area contributed by atoms with Crippen LogP contribution in [0.4, 0.5) is 17.6 Å². The number of phenolic OH excluding ortho intramolecular Hbond substituents is 1.